The lowest BCUT2D eigenvalue weighted by molar-refractivity contribution is -0.114. The summed E-state index contributed by atoms with van der Waals surface area (Å²) in [7, 11) is 0. The number of hydrogen-bond donors (Lipinski definition) is 2. The maximum Gasteiger partial charge on any atom is 0.259 e. The number of rotatable bonds is 4. The van der Waals surface area contributed by atoms with E-state index in [1.54, 1.807) is 23.0 Å². The predicted molar refractivity (Wildman–Crippen MR) is 102 cm³/mol. The number of carbonyl (C=O) groups is 2. The first kappa shape index (κ1) is 17.4. The molecule has 0 atom stereocenters. The second kappa shape index (κ2) is 7.23. The maximum atomic E-state index is 12.7. The van der Waals surface area contributed by atoms with Gasteiger partial charge in [0.05, 0.1) is 23.1 Å². The van der Waals surface area contributed by atoms with E-state index >= 15 is 0 Å². The third-order valence-electron chi connectivity index (χ3n) is 4.06. The Labute approximate surface area is 151 Å². The minimum Gasteiger partial charge on any atom is -0.326 e. The van der Waals surface area contributed by atoms with Crippen molar-refractivity contribution in [2.24, 2.45) is 0 Å². The minimum atomic E-state index is -0.243. The zero-order valence-electron chi connectivity index (χ0n) is 14.9. The molecule has 0 aliphatic rings. The standard InChI is InChI=1S/C20H20N4O2/c1-13-9-10-16(22-15(3)25)11-19(13)23-20(26)18-12-21-24(14(18)2)17-7-5-4-6-8-17/h4-12H,1-3H3,(H,22,25)(H,23,26). The molecule has 2 amide bonds. The molecule has 6 nitrogen and oxygen atoms in total. The minimum absolute atomic E-state index is 0.161. The predicted octanol–water partition coefficient (Wildman–Crippen LogP) is 3.70. The summed E-state index contributed by atoms with van der Waals surface area (Å²) in [6.45, 7) is 5.20. The lowest BCUT2D eigenvalue weighted by Crippen LogP contribution is -2.14. The first-order valence-corrected chi connectivity index (χ1v) is 8.25. The Hall–Kier alpha value is -3.41. The summed E-state index contributed by atoms with van der Waals surface area (Å²) < 4.78 is 1.73. The summed E-state index contributed by atoms with van der Waals surface area (Å²) in [5.74, 6) is -0.404. The first-order chi connectivity index (χ1) is 12.5. The maximum absolute atomic E-state index is 12.7. The van der Waals surface area contributed by atoms with Crippen molar-refractivity contribution in [1.29, 1.82) is 0 Å². The molecule has 6 heteroatoms. The molecule has 0 radical (unpaired) electrons. The molecule has 0 fully saturated rings. The van der Waals surface area contributed by atoms with Crippen molar-refractivity contribution in [2.75, 3.05) is 10.6 Å². The number of anilines is 2. The van der Waals surface area contributed by atoms with Gasteiger partial charge in [-0.15, -0.1) is 0 Å². The van der Waals surface area contributed by atoms with Crippen LogP contribution in [0.5, 0.6) is 0 Å². The van der Waals surface area contributed by atoms with Crippen LogP contribution in [0, 0.1) is 13.8 Å². The van der Waals surface area contributed by atoms with Crippen LogP contribution in [0.15, 0.2) is 54.7 Å². The zero-order chi connectivity index (χ0) is 18.7. The fourth-order valence-electron chi connectivity index (χ4n) is 2.69. The molecule has 3 rings (SSSR count). The van der Waals surface area contributed by atoms with E-state index in [0.717, 1.165) is 16.9 Å². The fraction of sp³-hybridized carbons (Fsp3) is 0.150. The molecule has 3 aromatic rings. The van der Waals surface area contributed by atoms with Gasteiger partial charge in [0.25, 0.3) is 5.91 Å². The Morgan fingerprint density at radius 1 is 1.00 bits per heavy atom. The second-order valence-electron chi connectivity index (χ2n) is 6.06. The largest absolute Gasteiger partial charge is 0.326 e. The van der Waals surface area contributed by atoms with E-state index in [9.17, 15) is 9.59 Å². The average Bonchev–Trinajstić information content (AvgIpc) is 3.00. The van der Waals surface area contributed by atoms with E-state index in [2.05, 4.69) is 15.7 Å². The SMILES string of the molecule is CC(=O)Nc1ccc(C)c(NC(=O)c2cnn(-c3ccccc3)c2C)c1. The Morgan fingerprint density at radius 3 is 2.42 bits per heavy atom. The van der Waals surface area contributed by atoms with Crippen LogP contribution in [-0.2, 0) is 4.79 Å². The summed E-state index contributed by atoms with van der Waals surface area (Å²) in [4.78, 5) is 23.9. The molecule has 0 saturated heterocycles. The highest BCUT2D eigenvalue weighted by Crippen LogP contribution is 2.22. The van der Waals surface area contributed by atoms with Crippen molar-refractivity contribution in [3.63, 3.8) is 0 Å². The molecule has 0 saturated carbocycles. The van der Waals surface area contributed by atoms with E-state index in [0.29, 0.717) is 16.9 Å². The van der Waals surface area contributed by atoms with Gasteiger partial charge < -0.3 is 10.6 Å². The quantitative estimate of drug-likeness (QED) is 0.755. The number of benzene rings is 2. The van der Waals surface area contributed by atoms with Gasteiger partial charge in [-0.1, -0.05) is 24.3 Å². The molecular weight excluding hydrogens is 328 g/mol. The van der Waals surface area contributed by atoms with E-state index in [1.165, 1.54) is 6.92 Å². The van der Waals surface area contributed by atoms with Crippen molar-refractivity contribution in [2.45, 2.75) is 20.8 Å². The topological polar surface area (TPSA) is 76.0 Å². The van der Waals surface area contributed by atoms with Gasteiger partial charge in [0.1, 0.15) is 0 Å². The van der Waals surface area contributed by atoms with Crippen molar-refractivity contribution in [1.82, 2.24) is 9.78 Å². The molecule has 0 aliphatic carbocycles. The third-order valence-corrected chi connectivity index (χ3v) is 4.06. The lowest BCUT2D eigenvalue weighted by atomic mass is 10.1. The van der Waals surface area contributed by atoms with Crippen molar-refractivity contribution >= 4 is 23.2 Å². The number of nitrogens with one attached hydrogen (secondary N) is 2. The number of amides is 2. The number of nitrogens with zero attached hydrogens (tertiary/aromatic N) is 2. The molecule has 26 heavy (non-hydrogen) atoms. The summed E-state index contributed by atoms with van der Waals surface area (Å²) >= 11 is 0. The summed E-state index contributed by atoms with van der Waals surface area (Å²) in [5, 5.41) is 9.94. The van der Waals surface area contributed by atoms with Gasteiger partial charge in [0, 0.05) is 18.3 Å². The highest BCUT2D eigenvalue weighted by atomic mass is 16.2. The van der Waals surface area contributed by atoms with Crippen LogP contribution < -0.4 is 10.6 Å². The van der Waals surface area contributed by atoms with E-state index in [1.807, 2.05) is 50.2 Å². The normalized spacial score (nSPS) is 10.4. The van der Waals surface area contributed by atoms with Gasteiger partial charge in [0.2, 0.25) is 5.91 Å². The van der Waals surface area contributed by atoms with Crippen LogP contribution in [-0.4, -0.2) is 21.6 Å². The van der Waals surface area contributed by atoms with Gasteiger partial charge in [-0.25, -0.2) is 4.68 Å². The molecule has 0 aliphatic heterocycles. The van der Waals surface area contributed by atoms with E-state index in [-0.39, 0.29) is 11.8 Å². The Morgan fingerprint density at radius 2 is 1.73 bits per heavy atom. The number of hydrogen-bond acceptors (Lipinski definition) is 3. The highest BCUT2D eigenvalue weighted by Gasteiger charge is 2.16. The Kier molecular flexibility index (Phi) is 4.84. The van der Waals surface area contributed by atoms with Crippen LogP contribution in [0.25, 0.3) is 5.69 Å². The van der Waals surface area contributed by atoms with E-state index in [4.69, 9.17) is 0 Å². The number of aromatic nitrogens is 2. The van der Waals surface area contributed by atoms with Crippen molar-refractivity contribution in [3.8, 4) is 5.69 Å². The first-order valence-electron chi connectivity index (χ1n) is 8.25. The number of carbonyl (C=O) groups excluding carboxylic acids is 2. The van der Waals surface area contributed by atoms with Crippen LogP contribution >= 0.6 is 0 Å². The number of aryl methyl sites for hydroxylation is 1. The molecule has 2 N–H and O–H groups in total. The molecule has 2 aromatic carbocycles. The van der Waals surface area contributed by atoms with Gasteiger partial charge in [-0.2, -0.15) is 5.10 Å². The molecule has 0 unspecified atom stereocenters. The Bertz CT molecular complexity index is 961. The molecular formula is C20H20N4O2. The van der Waals surface area contributed by atoms with Crippen LogP contribution in [0.2, 0.25) is 0 Å². The van der Waals surface area contributed by atoms with Crippen LogP contribution in [0.3, 0.4) is 0 Å². The number of para-hydroxylation sites is 1. The van der Waals surface area contributed by atoms with Gasteiger partial charge in [-0.05, 0) is 43.7 Å². The second-order valence-corrected chi connectivity index (χ2v) is 6.06. The van der Waals surface area contributed by atoms with Gasteiger partial charge in [0.15, 0.2) is 0 Å². The smallest absolute Gasteiger partial charge is 0.259 e. The molecule has 0 bridgehead atoms. The van der Waals surface area contributed by atoms with Crippen LogP contribution in [0.4, 0.5) is 11.4 Å². The summed E-state index contributed by atoms with van der Waals surface area (Å²) in [6.07, 6.45) is 1.56. The molecule has 1 heterocycles. The Balaban J connectivity index is 1.85. The van der Waals surface area contributed by atoms with Gasteiger partial charge >= 0.3 is 0 Å². The average molecular weight is 348 g/mol. The zero-order valence-corrected chi connectivity index (χ0v) is 14.9. The summed E-state index contributed by atoms with van der Waals surface area (Å²) in [5.41, 5.74) is 4.33. The summed E-state index contributed by atoms with van der Waals surface area (Å²) in [6, 6.07) is 15.0. The monoisotopic (exact) mass is 348 g/mol. The molecule has 132 valence electrons. The van der Waals surface area contributed by atoms with E-state index < -0.39 is 0 Å². The fourth-order valence-corrected chi connectivity index (χ4v) is 2.69. The van der Waals surface area contributed by atoms with Crippen LogP contribution in [0.1, 0.15) is 28.5 Å². The molecule has 1 aromatic heterocycles. The highest BCUT2D eigenvalue weighted by molar-refractivity contribution is 6.05. The lowest BCUT2D eigenvalue weighted by Gasteiger charge is -2.11. The van der Waals surface area contributed by atoms with Gasteiger partial charge in [-0.3, -0.25) is 9.59 Å². The van der Waals surface area contributed by atoms with Crippen molar-refractivity contribution in [3.05, 3.63) is 71.5 Å². The third kappa shape index (κ3) is 3.64. The van der Waals surface area contributed by atoms with Crippen molar-refractivity contribution < 1.29 is 9.59 Å². The molecule has 0 spiro atoms.